The van der Waals surface area contributed by atoms with Crippen molar-refractivity contribution < 1.29 is 19.1 Å². The highest BCUT2D eigenvalue weighted by atomic mass is 35.5. The fraction of sp³-hybridized carbons (Fsp3) is 0.167. The second kappa shape index (κ2) is 7.85. The Bertz CT molecular complexity index is 988. The number of hydrogen-bond acceptors (Lipinski definition) is 7. The molecule has 0 spiro atoms. The van der Waals surface area contributed by atoms with Crippen molar-refractivity contribution in [1.82, 2.24) is 4.98 Å². The van der Waals surface area contributed by atoms with Crippen LogP contribution in [0.5, 0.6) is 0 Å². The molecule has 1 unspecified atom stereocenters. The molecule has 7 nitrogen and oxygen atoms in total. The first-order chi connectivity index (χ1) is 12.8. The minimum atomic E-state index is -1.29. The highest BCUT2D eigenvalue weighted by Gasteiger charge is 2.29. The van der Waals surface area contributed by atoms with Crippen LogP contribution in [-0.4, -0.2) is 34.8 Å². The number of carbonyl (C=O) groups excluding carboxylic acids is 2. The quantitative estimate of drug-likeness (QED) is 0.560. The second-order valence-corrected chi connectivity index (χ2v) is 6.26. The van der Waals surface area contributed by atoms with Crippen LogP contribution in [0.1, 0.15) is 25.1 Å². The van der Waals surface area contributed by atoms with Crippen molar-refractivity contribution in [3.05, 3.63) is 57.8 Å². The Morgan fingerprint density at radius 1 is 1.04 bits per heavy atom. The SMILES string of the molecule is CC(=O)OC1=Nc2ccc(Cl)nc2C(c2ccccc2Cl)=NC1OC(C)=O. The number of carbonyl (C=O) groups is 2. The van der Waals surface area contributed by atoms with Crippen molar-refractivity contribution in [2.45, 2.75) is 20.1 Å². The molecule has 1 atom stereocenters. The smallest absolute Gasteiger partial charge is 0.309 e. The predicted octanol–water partition coefficient (Wildman–Crippen LogP) is 3.72. The van der Waals surface area contributed by atoms with Gasteiger partial charge in [-0.05, 0) is 18.2 Å². The number of esters is 2. The molecule has 9 heteroatoms. The third-order valence-corrected chi connectivity index (χ3v) is 3.95. The zero-order chi connectivity index (χ0) is 19.6. The van der Waals surface area contributed by atoms with Crippen LogP contribution in [0.15, 0.2) is 46.4 Å². The van der Waals surface area contributed by atoms with E-state index in [9.17, 15) is 9.59 Å². The number of fused-ring (bicyclic) bond motifs is 1. The Balaban J connectivity index is 2.27. The molecule has 27 heavy (non-hydrogen) atoms. The summed E-state index contributed by atoms with van der Waals surface area (Å²) in [6.45, 7) is 2.42. The summed E-state index contributed by atoms with van der Waals surface area (Å²) in [4.78, 5) is 36.0. The lowest BCUT2D eigenvalue weighted by Gasteiger charge is -2.14. The molecule has 0 saturated carbocycles. The molecule has 2 aromatic rings. The summed E-state index contributed by atoms with van der Waals surface area (Å²) in [5.74, 6) is -1.45. The van der Waals surface area contributed by atoms with E-state index in [-0.39, 0.29) is 11.1 Å². The Labute approximate surface area is 164 Å². The van der Waals surface area contributed by atoms with Crippen LogP contribution >= 0.6 is 23.2 Å². The lowest BCUT2D eigenvalue weighted by molar-refractivity contribution is -0.145. The third kappa shape index (κ3) is 4.32. The summed E-state index contributed by atoms with van der Waals surface area (Å²) in [7, 11) is 0. The van der Waals surface area contributed by atoms with Crippen LogP contribution in [-0.2, 0) is 19.1 Å². The Hall–Kier alpha value is -2.77. The highest BCUT2D eigenvalue weighted by molar-refractivity contribution is 6.36. The van der Waals surface area contributed by atoms with E-state index < -0.39 is 18.2 Å². The monoisotopic (exact) mass is 405 g/mol. The first kappa shape index (κ1) is 19.0. The number of hydrogen-bond donors (Lipinski definition) is 0. The number of ether oxygens (including phenoxy) is 2. The van der Waals surface area contributed by atoms with Crippen LogP contribution in [0.3, 0.4) is 0 Å². The molecule has 0 radical (unpaired) electrons. The normalized spacial score (nSPS) is 15.8. The van der Waals surface area contributed by atoms with E-state index in [4.69, 9.17) is 32.7 Å². The van der Waals surface area contributed by atoms with Gasteiger partial charge in [-0.25, -0.2) is 15.0 Å². The van der Waals surface area contributed by atoms with Crippen LogP contribution < -0.4 is 0 Å². The fourth-order valence-electron chi connectivity index (χ4n) is 2.40. The van der Waals surface area contributed by atoms with Gasteiger partial charge >= 0.3 is 11.9 Å². The van der Waals surface area contributed by atoms with Crippen LogP contribution in [0, 0.1) is 0 Å². The molecule has 1 aliphatic heterocycles. The zero-order valence-electron chi connectivity index (χ0n) is 14.3. The molecule has 0 amide bonds. The first-order valence-electron chi connectivity index (χ1n) is 7.79. The summed E-state index contributed by atoms with van der Waals surface area (Å²) in [6.07, 6.45) is -1.29. The summed E-state index contributed by atoms with van der Waals surface area (Å²) in [6, 6.07) is 10.1. The number of nitrogens with zero attached hydrogens (tertiary/aromatic N) is 3. The number of benzene rings is 1. The average Bonchev–Trinajstić information content (AvgIpc) is 2.72. The van der Waals surface area contributed by atoms with E-state index in [1.165, 1.54) is 19.9 Å². The maximum atomic E-state index is 11.5. The van der Waals surface area contributed by atoms with Gasteiger partial charge in [-0.3, -0.25) is 9.59 Å². The molecule has 1 aliphatic rings. The van der Waals surface area contributed by atoms with E-state index in [1.807, 2.05) is 0 Å². The predicted molar refractivity (Wildman–Crippen MR) is 101 cm³/mol. The van der Waals surface area contributed by atoms with E-state index in [1.54, 1.807) is 30.3 Å². The fourth-order valence-corrected chi connectivity index (χ4v) is 2.78. The van der Waals surface area contributed by atoms with Crippen molar-refractivity contribution in [1.29, 1.82) is 0 Å². The van der Waals surface area contributed by atoms with Gasteiger partial charge in [0.25, 0.3) is 12.1 Å². The maximum absolute atomic E-state index is 11.5. The van der Waals surface area contributed by atoms with Crippen molar-refractivity contribution >= 4 is 52.4 Å². The summed E-state index contributed by atoms with van der Waals surface area (Å²) in [5.41, 5.74) is 1.49. The van der Waals surface area contributed by atoms with Crippen molar-refractivity contribution in [2.24, 2.45) is 9.98 Å². The lowest BCUT2D eigenvalue weighted by Crippen LogP contribution is -2.28. The highest BCUT2D eigenvalue weighted by Crippen LogP contribution is 2.30. The molecule has 0 aliphatic carbocycles. The Kier molecular flexibility index (Phi) is 5.53. The summed E-state index contributed by atoms with van der Waals surface area (Å²) >= 11 is 12.4. The molecule has 0 saturated heterocycles. The van der Waals surface area contributed by atoms with Crippen molar-refractivity contribution in [3.63, 3.8) is 0 Å². The largest absolute Gasteiger partial charge is 0.430 e. The molecule has 0 bridgehead atoms. The van der Waals surface area contributed by atoms with Gasteiger partial charge in [0.1, 0.15) is 10.8 Å². The van der Waals surface area contributed by atoms with Crippen LogP contribution in [0.25, 0.3) is 0 Å². The first-order valence-corrected chi connectivity index (χ1v) is 8.54. The van der Waals surface area contributed by atoms with E-state index in [0.29, 0.717) is 27.7 Å². The number of rotatable bonds is 2. The molecule has 1 aromatic carbocycles. The molecular weight excluding hydrogens is 393 g/mol. The molecule has 2 heterocycles. The molecule has 1 aromatic heterocycles. The standard InChI is InChI=1S/C18H13Cl2N3O4/c1-9(24)26-17-18(27-10(2)25)23-15(11-5-3-4-6-12(11)19)16-13(21-17)7-8-14(20)22-16/h3-8,18H,1-2H3. The third-order valence-electron chi connectivity index (χ3n) is 3.41. The Morgan fingerprint density at radius 3 is 2.44 bits per heavy atom. The Morgan fingerprint density at radius 2 is 1.78 bits per heavy atom. The number of aliphatic imine (C=N–C) groups is 2. The molecule has 0 N–H and O–H groups in total. The van der Waals surface area contributed by atoms with Gasteiger partial charge < -0.3 is 9.47 Å². The van der Waals surface area contributed by atoms with Crippen LogP contribution in [0.2, 0.25) is 10.2 Å². The van der Waals surface area contributed by atoms with Gasteiger partial charge in [0.2, 0.25) is 0 Å². The summed E-state index contributed by atoms with van der Waals surface area (Å²) < 4.78 is 10.3. The number of pyridine rings is 1. The second-order valence-electron chi connectivity index (χ2n) is 5.46. The minimum absolute atomic E-state index is 0.190. The van der Waals surface area contributed by atoms with Gasteiger partial charge in [-0.1, -0.05) is 41.4 Å². The van der Waals surface area contributed by atoms with E-state index >= 15 is 0 Å². The summed E-state index contributed by atoms with van der Waals surface area (Å²) in [5, 5.41) is 0.616. The molecule has 0 fully saturated rings. The van der Waals surface area contributed by atoms with E-state index in [0.717, 1.165) is 0 Å². The zero-order valence-corrected chi connectivity index (χ0v) is 15.8. The number of aromatic nitrogens is 1. The van der Waals surface area contributed by atoms with Gasteiger partial charge in [-0.2, -0.15) is 0 Å². The lowest BCUT2D eigenvalue weighted by atomic mass is 10.1. The van der Waals surface area contributed by atoms with Crippen molar-refractivity contribution in [3.8, 4) is 0 Å². The molecular formula is C18H13Cl2N3O4. The van der Waals surface area contributed by atoms with Gasteiger partial charge in [0, 0.05) is 19.4 Å². The minimum Gasteiger partial charge on any atom is -0.430 e. The van der Waals surface area contributed by atoms with Crippen molar-refractivity contribution in [2.75, 3.05) is 0 Å². The van der Waals surface area contributed by atoms with Gasteiger partial charge in [0.15, 0.2) is 0 Å². The molecule has 3 rings (SSSR count). The van der Waals surface area contributed by atoms with Gasteiger partial charge in [-0.15, -0.1) is 0 Å². The van der Waals surface area contributed by atoms with Gasteiger partial charge in [0.05, 0.1) is 16.4 Å². The maximum Gasteiger partial charge on any atom is 0.309 e. The van der Waals surface area contributed by atoms with Crippen LogP contribution in [0.4, 0.5) is 5.69 Å². The van der Waals surface area contributed by atoms with E-state index in [2.05, 4.69) is 15.0 Å². The number of halogens is 2. The topological polar surface area (TPSA) is 90.2 Å². The molecule has 138 valence electrons. The average molecular weight is 406 g/mol.